The zero-order valence-corrected chi connectivity index (χ0v) is 12.4. The van der Waals surface area contributed by atoms with Crippen LogP contribution in [0.1, 0.15) is 55.3 Å². The largest absolute Gasteiger partial charge is 0.277 e. The van der Waals surface area contributed by atoms with Gasteiger partial charge in [-0.2, -0.15) is 0 Å². The quantitative estimate of drug-likeness (QED) is 0.615. The van der Waals surface area contributed by atoms with E-state index < -0.39 is 0 Å². The summed E-state index contributed by atoms with van der Waals surface area (Å²) in [6.45, 7) is 0. The summed E-state index contributed by atoms with van der Waals surface area (Å²) in [5.74, 6) is 0.00136. The van der Waals surface area contributed by atoms with Gasteiger partial charge in [0.25, 0.3) is 5.91 Å². The highest BCUT2D eigenvalue weighted by molar-refractivity contribution is 5.93. The van der Waals surface area contributed by atoms with E-state index in [-0.39, 0.29) is 18.1 Å². The predicted octanol–water partition coefficient (Wildman–Crippen LogP) is 4.11. The topological polar surface area (TPSA) is 29.5 Å². The summed E-state index contributed by atoms with van der Waals surface area (Å²) in [5, 5.41) is 1.67. The number of rotatable bonds is 4. The van der Waals surface area contributed by atoms with Crippen molar-refractivity contribution in [3.63, 3.8) is 0 Å². The smallest absolute Gasteiger partial charge is 0.267 e. The number of carbonyl (C=O) groups is 1. The molecule has 1 amide bonds. The summed E-state index contributed by atoms with van der Waals surface area (Å²) in [6, 6.07) is 9.70. The molecule has 1 aromatic carbocycles. The van der Waals surface area contributed by atoms with Crippen LogP contribution < -0.4 is 0 Å². The van der Waals surface area contributed by atoms with Gasteiger partial charge in [0.1, 0.15) is 6.10 Å². The summed E-state index contributed by atoms with van der Waals surface area (Å²) in [6.07, 6.45) is 12.0. The fourth-order valence-corrected chi connectivity index (χ4v) is 3.16. The standard InChI is InChI=1S/C18H23NO2/c20-18(15-9-3-1-4-10-15)19(16-11-7-8-12-16)21-17-13-5-2-6-14-17/h1,3-5,9-10,13,16-17H,2,6-8,11-12,14H2. The van der Waals surface area contributed by atoms with Crippen LogP contribution in [-0.2, 0) is 4.84 Å². The maximum atomic E-state index is 12.8. The van der Waals surface area contributed by atoms with E-state index in [1.807, 2.05) is 30.3 Å². The Morgan fingerprint density at radius 2 is 1.81 bits per heavy atom. The Bertz CT molecular complexity index is 491. The summed E-state index contributed by atoms with van der Waals surface area (Å²) in [7, 11) is 0. The van der Waals surface area contributed by atoms with Crippen LogP contribution in [0.25, 0.3) is 0 Å². The zero-order valence-electron chi connectivity index (χ0n) is 12.4. The first kappa shape index (κ1) is 14.3. The van der Waals surface area contributed by atoms with Gasteiger partial charge in [-0.3, -0.25) is 9.63 Å². The Morgan fingerprint density at radius 1 is 1.05 bits per heavy atom. The maximum absolute atomic E-state index is 12.8. The van der Waals surface area contributed by atoms with E-state index in [0.29, 0.717) is 5.56 Å². The normalized spacial score (nSPS) is 22.4. The maximum Gasteiger partial charge on any atom is 0.277 e. The van der Waals surface area contributed by atoms with Crippen molar-refractivity contribution in [2.45, 2.75) is 57.1 Å². The minimum Gasteiger partial charge on any atom is -0.267 e. The molecular formula is C18H23NO2. The van der Waals surface area contributed by atoms with Gasteiger partial charge in [0.05, 0.1) is 6.04 Å². The third kappa shape index (κ3) is 3.53. The highest BCUT2D eigenvalue weighted by atomic mass is 16.7. The van der Waals surface area contributed by atoms with Crippen molar-refractivity contribution in [2.75, 3.05) is 0 Å². The molecule has 0 aromatic heterocycles. The van der Waals surface area contributed by atoms with E-state index in [4.69, 9.17) is 4.84 Å². The molecule has 0 radical (unpaired) electrons. The molecule has 0 bridgehead atoms. The highest BCUT2D eigenvalue weighted by Gasteiger charge is 2.30. The molecule has 0 aliphatic heterocycles. The molecule has 1 saturated carbocycles. The molecule has 21 heavy (non-hydrogen) atoms. The van der Waals surface area contributed by atoms with E-state index in [0.717, 1.165) is 32.1 Å². The van der Waals surface area contributed by atoms with E-state index in [1.165, 1.54) is 12.8 Å². The molecule has 0 heterocycles. The van der Waals surface area contributed by atoms with E-state index in [2.05, 4.69) is 12.2 Å². The fourth-order valence-electron chi connectivity index (χ4n) is 3.16. The Kier molecular flexibility index (Phi) is 4.71. The second-order valence-corrected chi connectivity index (χ2v) is 5.94. The Morgan fingerprint density at radius 3 is 2.48 bits per heavy atom. The first-order valence-electron chi connectivity index (χ1n) is 8.06. The lowest BCUT2D eigenvalue weighted by molar-refractivity contribution is -0.173. The van der Waals surface area contributed by atoms with Gasteiger partial charge < -0.3 is 0 Å². The number of hydrogen-bond acceptors (Lipinski definition) is 2. The van der Waals surface area contributed by atoms with Gasteiger partial charge in [-0.05, 0) is 44.2 Å². The van der Waals surface area contributed by atoms with E-state index >= 15 is 0 Å². The van der Waals surface area contributed by atoms with Crippen LogP contribution in [0.3, 0.4) is 0 Å². The third-order valence-electron chi connectivity index (χ3n) is 4.34. The predicted molar refractivity (Wildman–Crippen MR) is 82.7 cm³/mol. The Hall–Kier alpha value is -1.61. The number of benzene rings is 1. The molecule has 2 aliphatic rings. The SMILES string of the molecule is O=C(c1ccccc1)N(OC1C=CCCC1)C1CCCC1. The van der Waals surface area contributed by atoms with Crippen LogP contribution in [0, 0.1) is 0 Å². The van der Waals surface area contributed by atoms with Crippen molar-refractivity contribution < 1.29 is 9.63 Å². The molecular weight excluding hydrogens is 262 g/mol. The molecule has 112 valence electrons. The molecule has 0 N–H and O–H groups in total. The van der Waals surface area contributed by atoms with Crippen molar-refractivity contribution in [3.8, 4) is 0 Å². The van der Waals surface area contributed by atoms with Crippen molar-refractivity contribution in [1.82, 2.24) is 5.06 Å². The van der Waals surface area contributed by atoms with Gasteiger partial charge in [0.15, 0.2) is 0 Å². The van der Waals surface area contributed by atoms with Crippen LogP contribution in [0.5, 0.6) is 0 Å². The number of hydrogen-bond donors (Lipinski definition) is 0. The summed E-state index contributed by atoms with van der Waals surface area (Å²) < 4.78 is 0. The first-order valence-corrected chi connectivity index (χ1v) is 8.06. The number of amides is 1. The van der Waals surface area contributed by atoms with Crippen LogP contribution in [0.4, 0.5) is 0 Å². The van der Waals surface area contributed by atoms with Gasteiger partial charge in [0.2, 0.25) is 0 Å². The monoisotopic (exact) mass is 285 g/mol. The molecule has 1 fully saturated rings. The minimum absolute atomic E-state index is 0.00136. The lowest BCUT2D eigenvalue weighted by atomic mass is 10.1. The number of hydroxylamine groups is 2. The summed E-state index contributed by atoms with van der Waals surface area (Å²) >= 11 is 0. The molecule has 1 atom stereocenters. The number of nitrogens with zero attached hydrogens (tertiary/aromatic N) is 1. The van der Waals surface area contributed by atoms with Gasteiger partial charge in [-0.15, -0.1) is 0 Å². The summed E-state index contributed by atoms with van der Waals surface area (Å²) in [5.41, 5.74) is 0.712. The average Bonchev–Trinajstić information content (AvgIpc) is 3.08. The molecule has 0 spiro atoms. The van der Waals surface area contributed by atoms with Crippen molar-refractivity contribution in [3.05, 3.63) is 48.0 Å². The van der Waals surface area contributed by atoms with Crippen molar-refractivity contribution in [2.24, 2.45) is 0 Å². The van der Waals surface area contributed by atoms with E-state index in [9.17, 15) is 4.79 Å². The zero-order chi connectivity index (χ0) is 14.5. The van der Waals surface area contributed by atoms with Crippen LogP contribution in [0.2, 0.25) is 0 Å². The lowest BCUT2D eigenvalue weighted by Gasteiger charge is -2.31. The second-order valence-electron chi connectivity index (χ2n) is 5.94. The van der Waals surface area contributed by atoms with Crippen molar-refractivity contribution in [1.29, 1.82) is 0 Å². The molecule has 1 aromatic rings. The van der Waals surface area contributed by atoms with Crippen molar-refractivity contribution >= 4 is 5.91 Å². The highest BCUT2D eigenvalue weighted by Crippen LogP contribution is 2.27. The van der Waals surface area contributed by atoms with Crippen LogP contribution >= 0.6 is 0 Å². The molecule has 2 aliphatic carbocycles. The summed E-state index contributed by atoms with van der Waals surface area (Å²) in [4.78, 5) is 18.9. The lowest BCUT2D eigenvalue weighted by Crippen LogP contribution is -2.41. The van der Waals surface area contributed by atoms with Gasteiger partial charge in [0, 0.05) is 5.56 Å². The van der Waals surface area contributed by atoms with Gasteiger partial charge in [-0.25, -0.2) is 5.06 Å². The minimum atomic E-state index is 0.00136. The first-order chi connectivity index (χ1) is 10.3. The van der Waals surface area contributed by atoms with Crippen LogP contribution in [-0.4, -0.2) is 23.1 Å². The van der Waals surface area contributed by atoms with Crippen LogP contribution in [0.15, 0.2) is 42.5 Å². The molecule has 3 heteroatoms. The molecule has 1 unspecified atom stereocenters. The Labute approximate surface area is 126 Å². The third-order valence-corrected chi connectivity index (χ3v) is 4.34. The fraction of sp³-hybridized carbons (Fsp3) is 0.500. The molecule has 3 nitrogen and oxygen atoms in total. The number of allylic oxidation sites excluding steroid dienone is 1. The van der Waals surface area contributed by atoms with Gasteiger partial charge in [-0.1, -0.05) is 43.2 Å². The van der Waals surface area contributed by atoms with E-state index in [1.54, 1.807) is 5.06 Å². The number of carbonyl (C=O) groups excluding carboxylic acids is 1. The average molecular weight is 285 g/mol. The van der Waals surface area contributed by atoms with Gasteiger partial charge >= 0.3 is 0 Å². The molecule has 0 saturated heterocycles. The molecule has 3 rings (SSSR count). The second kappa shape index (κ2) is 6.90. The Balaban J connectivity index is 1.76.